The fraction of sp³-hybridized carbons (Fsp3) is 0.538. The molecule has 1 aromatic rings. The van der Waals surface area contributed by atoms with Crippen molar-refractivity contribution in [2.75, 3.05) is 0 Å². The van der Waals surface area contributed by atoms with E-state index in [9.17, 15) is 0 Å². The molecule has 15 heavy (non-hydrogen) atoms. The average molecular weight is 204 g/mol. The smallest absolute Gasteiger partial charge is 0.0460 e. The molecule has 0 saturated heterocycles. The van der Waals surface area contributed by atoms with Gasteiger partial charge in [-0.1, -0.05) is 42.7 Å². The van der Waals surface area contributed by atoms with E-state index in [0.29, 0.717) is 6.04 Å². The van der Waals surface area contributed by atoms with Crippen molar-refractivity contribution in [2.24, 2.45) is 11.8 Å². The van der Waals surface area contributed by atoms with E-state index >= 15 is 0 Å². The molecule has 1 fully saturated rings. The Bertz CT molecular complexity index is 318. The van der Waals surface area contributed by atoms with Crippen LogP contribution in [0.2, 0.25) is 0 Å². The van der Waals surface area contributed by atoms with Gasteiger partial charge in [-0.05, 0) is 31.2 Å². The molecule has 2 heteroatoms. The standard InChI is InChI=1S/C13H20N2/c1-10-3-2-4-12(9-10)13(15-14)8-7-11-5-6-11/h2-4,9,11,13,15H,5-8,14H2,1H3. The lowest BCUT2D eigenvalue weighted by Crippen LogP contribution is -2.28. The van der Waals surface area contributed by atoms with Gasteiger partial charge in [0.15, 0.2) is 0 Å². The van der Waals surface area contributed by atoms with Crippen molar-refractivity contribution >= 4 is 0 Å². The summed E-state index contributed by atoms with van der Waals surface area (Å²) in [4.78, 5) is 0. The van der Waals surface area contributed by atoms with Crippen LogP contribution in [0.25, 0.3) is 0 Å². The lowest BCUT2D eigenvalue weighted by Gasteiger charge is -2.16. The van der Waals surface area contributed by atoms with Gasteiger partial charge >= 0.3 is 0 Å². The van der Waals surface area contributed by atoms with E-state index in [1.165, 1.54) is 30.4 Å². The van der Waals surface area contributed by atoms with Crippen LogP contribution in [0.1, 0.15) is 42.9 Å². The summed E-state index contributed by atoms with van der Waals surface area (Å²) in [6.07, 6.45) is 5.31. The second kappa shape index (κ2) is 4.77. The van der Waals surface area contributed by atoms with Gasteiger partial charge in [0.1, 0.15) is 0 Å². The zero-order chi connectivity index (χ0) is 10.7. The van der Waals surface area contributed by atoms with Crippen LogP contribution < -0.4 is 11.3 Å². The molecular weight excluding hydrogens is 184 g/mol. The number of aryl methyl sites for hydroxylation is 1. The third-order valence-corrected chi connectivity index (χ3v) is 3.21. The molecule has 0 heterocycles. The Morgan fingerprint density at radius 2 is 2.27 bits per heavy atom. The summed E-state index contributed by atoms with van der Waals surface area (Å²) in [6, 6.07) is 8.93. The first-order valence-corrected chi connectivity index (χ1v) is 5.82. The quantitative estimate of drug-likeness (QED) is 0.571. The fourth-order valence-corrected chi connectivity index (χ4v) is 2.04. The van der Waals surface area contributed by atoms with E-state index in [1.54, 1.807) is 0 Å². The minimum Gasteiger partial charge on any atom is -0.271 e. The normalized spacial score (nSPS) is 17.7. The third-order valence-electron chi connectivity index (χ3n) is 3.21. The molecule has 1 aliphatic rings. The Morgan fingerprint density at radius 3 is 2.87 bits per heavy atom. The number of hydrogen-bond donors (Lipinski definition) is 2. The van der Waals surface area contributed by atoms with Crippen molar-refractivity contribution in [1.29, 1.82) is 0 Å². The first-order valence-electron chi connectivity index (χ1n) is 5.82. The molecule has 0 aromatic heterocycles. The van der Waals surface area contributed by atoms with Gasteiger partial charge in [-0.15, -0.1) is 0 Å². The molecule has 1 aromatic carbocycles. The Morgan fingerprint density at radius 1 is 1.47 bits per heavy atom. The average Bonchev–Trinajstić information content (AvgIpc) is 3.03. The predicted octanol–water partition coefficient (Wildman–Crippen LogP) is 2.69. The zero-order valence-corrected chi connectivity index (χ0v) is 9.37. The van der Waals surface area contributed by atoms with Gasteiger partial charge in [0, 0.05) is 6.04 Å². The topological polar surface area (TPSA) is 38.0 Å². The van der Waals surface area contributed by atoms with Crippen molar-refractivity contribution in [3.05, 3.63) is 35.4 Å². The van der Waals surface area contributed by atoms with Gasteiger partial charge in [0.2, 0.25) is 0 Å². The van der Waals surface area contributed by atoms with Gasteiger partial charge < -0.3 is 0 Å². The lowest BCUT2D eigenvalue weighted by molar-refractivity contribution is 0.482. The summed E-state index contributed by atoms with van der Waals surface area (Å²) in [5.41, 5.74) is 5.55. The van der Waals surface area contributed by atoms with Crippen LogP contribution in [-0.4, -0.2) is 0 Å². The summed E-state index contributed by atoms with van der Waals surface area (Å²) in [6.45, 7) is 2.12. The molecule has 0 aliphatic heterocycles. The minimum atomic E-state index is 0.325. The van der Waals surface area contributed by atoms with Crippen molar-refractivity contribution in [3.8, 4) is 0 Å². The van der Waals surface area contributed by atoms with Crippen molar-refractivity contribution in [1.82, 2.24) is 5.43 Å². The number of hydrazine groups is 1. The number of nitrogens with one attached hydrogen (secondary N) is 1. The Kier molecular flexibility index (Phi) is 3.39. The van der Waals surface area contributed by atoms with Crippen LogP contribution in [0.3, 0.4) is 0 Å². The van der Waals surface area contributed by atoms with E-state index in [2.05, 4.69) is 36.6 Å². The Hall–Kier alpha value is -0.860. The maximum Gasteiger partial charge on any atom is 0.0460 e. The second-order valence-electron chi connectivity index (χ2n) is 4.65. The van der Waals surface area contributed by atoms with Crippen LogP contribution in [0.15, 0.2) is 24.3 Å². The summed E-state index contributed by atoms with van der Waals surface area (Å²) in [5.74, 6) is 6.59. The molecule has 0 spiro atoms. The highest BCUT2D eigenvalue weighted by Crippen LogP contribution is 2.35. The van der Waals surface area contributed by atoms with Crippen LogP contribution >= 0.6 is 0 Å². The molecule has 1 atom stereocenters. The van der Waals surface area contributed by atoms with Crippen molar-refractivity contribution in [2.45, 2.75) is 38.6 Å². The fourth-order valence-electron chi connectivity index (χ4n) is 2.04. The van der Waals surface area contributed by atoms with Crippen LogP contribution in [0, 0.1) is 12.8 Å². The molecule has 3 N–H and O–H groups in total. The van der Waals surface area contributed by atoms with Gasteiger partial charge in [0.05, 0.1) is 0 Å². The monoisotopic (exact) mass is 204 g/mol. The first kappa shape index (κ1) is 10.7. The number of hydrogen-bond acceptors (Lipinski definition) is 2. The van der Waals surface area contributed by atoms with E-state index in [1.807, 2.05) is 0 Å². The van der Waals surface area contributed by atoms with Gasteiger partial charge in [0.25, 0.3) is 0 Å². The van der Waals surface area contributed by atoms with Crippen molar-refractivity contribution in [3.63, 3.8) is 0 Å². The van der Waals surface area contributed by atoms with E-state index in [-0.39, 0.29) is 0 Å². The number of nitrogens with two attached hydrogens (primary N) is 1. The Balaban J connectivity index is 1.97. The van der Waals surface area contributed by atoms with Crippen LogP contribution in [-0.2, 0) is 0 Å². The largest absolute Gasteiger partial charge is 0.271 e. The highest BCUT2D eigenvalue weighted by Gasteiger charge is 2.22. The third kappa shape index (κ3) is 3.05. The minimum absolute atomic E-state index is 0.325. The van der Waals surface area contributed by atoms with E-state index < -0.39 is 0 Å². The number of rotatable bonds is 5. The molecule has 2 nitrogen and oxygen atoms in total. The predicted molar refractivity (Wildman–Crippen MR) is 63.2 cm³/mol. The summed E-state index contributed by atoms with van der Waals surface area (Å²) in [5, 5.41) is 0. The van der Waals surface area contributed by atoms with E-state index in [4.69, 9.17) is 5.84 Å². The SMILES string of the molecule is Cc1cccc(C(CCC2CC2)NN)c1. The number of benzene rings is 1. The molecule has 1 aliphatic carbocycles. The zero-order valence-electron chi connectivity index (χ0n) is 9.37. The molecule has 0 bridgehead atoms. The van der Waals surface area contributed by atoms with Crippen molar-refractivity contribution < 1.29 is 0 Å². The molecular formula is C13H20N2. The molecule has 82 valence electrons. The van der Waals surface area contributed by atoms with Gasteiger partial charge in [-0.25, -0.2) is 0 Å². The van der Waals surface area contributed by atoms with Gasteiger partial charge in [-0.3, -0.25) is 11.3 Å². The second-order valence-corrected chi connectivity index (χ2v) is 4.65. The summed E-state index contributed by atoms with van der Waals surface area (Å²) in [7, 11) is 0. The lowest BCUT2D eigenvalue weighted by atomic mass is 9.99. The maximum absolute atomic E-state index is 5.61. The molecule has 0 radical (unpaired) electrons. The van der Waals surface area contributed by atoms with Crippen LogP contribution in [0.4, 0.5) is 0 Å². The molecule has 1 saturated carbocycles. The maximum atomic E-state index is 5.61. The molecule has 0 amide bonds. The summed E-state index contributed by atoms with van der Waals surface area (Å²) >= 11 is 0. The highest BCUT2D eigenvalue weighted by atomic mass is 15.2. The highest BCUT2D eigenvalue weighted by molar-refractivity contribution is 5.24. The Labute approximate surface area is 91.8 Å². The molecule has 2 rings (SSSR count). The molecule has 1 unspecified atom stereocenters. The van der Waals surface area contributed by atoms with Gasteiger partial charge in [-0.2, -0.15) is 0 Å². The van der Waals surface area contributed by atoms with Crippen LogP contribution in [0.5, 0.6) is 0 Å². The summed E-state index contributed by atoms with van der Waals surface area (Å²) < 4.78 is 0. The van der Waals surface area contributed by atoms with E-state index in [0.717, 1.165) is 12.3 Å². The first-order chi connectivity index (χ1) is 7.29.